The highest BCUT2D eigenvalue weighted by molar-refractivity contribution is 5.97. The number of hydrogen-bond acceptors (Lipinski definition) is 3. The minimum atomic E-state index is -4.80. The van der Waals surface area contributed by atoms with Gasteiger partial charge in [-0.3, -0.25) is 4.57 Å². The van der Waals surface area contributed by atoms with Gasteiger partial charge in [0.25, 0.3) is 0 Å². The van der Waals surface area contributed by atoms with E-state index in [-0.39, 0.29) is 17.4 Å². The van der Waals surface area contributed by atoms with Crippen LogP contribution in [0.5, 0.6) is 0 Å². The standard InChI is InChI=1S/C24H18F3N3O/c1-15-12-13-17(14-16(15)2)21-29-22-28-19-10-6-7-11-20(19)30(22)23(31-21,24(25,26)27)18-8-4-3-5-9-18/h3-14H,1-2H3/t23-/m0/s1. The van der Waals surface area contributed by atoms with Gasteiger partial charge in [0.05, 0.1) is 11.0 Å². The SMILES string of the molecule is Cc1ccc(C2=Nc3nc4ccccc4n3[C@](c3ccccc3)(C(F)(F)F)O2)cc1C. The number of aliphatic imine (C=N–C) groups is 1. The van der Waals surface area contributed by atoms with Crippen LogP contribution in [0.4, 0.5) is 19.1 Å². The van der Waals surface area contributed by atoms with Gasteiger partial charge in [-0.25, -0.2) is 4.98 Å². The van der Waals surface area contributed by atoms with E-state index in [9.17, 15) is 13.2 Å². The summed E-state index contributed by atoms with van der Waals surface area (Å²) >= 11 is 0. The number of aromatic nitrogens is 2. The lowest BCUT2D eigenvalue weighted by Gasteiger charge is -2.40. The molecule has 3 aromatic carbocycles. The van der Waals surface area contributed by atoms with E-state index in [1.165, 1.54) is 12.1 Å². The lowest BCUT2D eigenvalue weighted by molar-refractivity contribution is -0.271. The van der Waals surface area contributed by atoms with Crippen molar-refractivity contribution in [2.45, 2.75) is 25.7 Å². The Labute approximate surface area is 176 Å². The van der Waals surface area contributed by atoms with E-state index in [4.69, 9.17) is 4.74 Å². The van der Waals surface area contributed by atoms with Crippen LogP contribution in [-0.4, -0.2) is 21.6 Å². The number of para-hydroxylation sites is 2. The van der Waals surface area contributed by atoms with Gasteiger partial charge in [0.15, 0.2) is 0 Å². The van der Waals surface area contributed by atoms with Crippen molar-refractivity contribution in [3.63, 3.8) is 0 Å². The quantitative estimate of drug-likeness (QED) is 0.397. The topological polar surface area (TPSA) is 39.4 Å². The molecule has 4 aromatic rings. The van der Waals surface area contributed by atoms with Crippen LogP contribution in [0.1, 0.15) is 22.3 Å². The van der Waals surface area contributed by atoms with Gasteiger partial charge in [0, 0.05) is 11.1 Å². The summed E-state index contributed by atoms with van der Waals surface area (Å²) in [5.41, 5.74) is 0.263. The summed E-state index contributed by atoms with van der Waals surface area (Å²) in [6.45, 7) is 3.83. The van der Waals surface area contributed by atoms with Gasteiger partial charge in [-0.2, -0.15) is 18.2 Å². The molecule has 1 aliphatic rings. The minimum absolute atomic E-state index is 0.0527. The van der Waals surface area contributed by atoms with E-state index in [1.807, 2.05) is 19.9 Å². The summed E-state index contributed by atoms with van der Waals surface area (Å²) in [6, 6.07) is 19.6. The molecule has 0 bridgehead atoms. The Balaban J connectivity index is 1.87. The Hall–Kier alpha value is -3.61. The van der Waals surface area contributed by atoms with E-state index in [2.05, 4.69) is 9.98 Å². The van der Waals surface area contributed by atoms with Gasteiger partial charge in [-0.15, -0.1) is 0 Å². The van der Waals surface area contributed by atoms with E-state index < -0.39 is 11.9 Å². The van der Waals surface area contributed by atoms with Crippen LogP contribution < -0.4 is 0 Å². The molecular weight excluding hydrogens is 403 g/mol. The zero-order chi connectivity index (χ0) is 21.8. The maximum atomic E-state index is 15.0. The third-order valence-corrected chi connectivity index (χ3v) is 5.61. The van der Waals surface area contributed by atoms with Crippen LogP contribution >= 0.6 is 0 Å². The fraction of sp³-hybridized carbons (Fsp3) is 0.167. The van der Waals surface area contributed by atoms with Crippen molar-refractivity contribution in [3.05, 3.63) is 95.1 Å². The normalized spacial score (nSPS) is 18.4. The van der Waals surface area contributed by atoms with Crippen LogP contribution in [0, 0.1) is 13.8 Å². The number of imidazole rings is 1. The highest BCUT2D eigenvalue weighted by atomic mass is 19.4. The smallest absolute Gasteiger partial charge is 0.436 e. The molecule has 0 unspecified atom stereocenters. The number of ether oxygens (including phenoxy) is 1. The minimum Gasteiger partial charge on any atom is -0.436 e. The zero-order valence-electron chi connectivity index (χ0n) is 16.8. The summed E-state index contributed by atoms with van der Waals surface area (Å²) < 4.78 is 51.8. The highest BCUT2D eigenvalue weighted by Crippen LogP contribution is 2.49. The molecule has 0 amide bonds. The van der Waals surface area contributed by atoms with Crippen LogP contribution in [-0.2, 0) is 10.5 Å². The fourth-order valence-corrected chi connectivity index (χ4v) is 3.90. The average molecular weight is 421 g/mol. The van der Waals surface area contributed by atoms with E-state index >= 15 is 0 Å². The number of alkyl halides is 3. The third-order valence-electron chi connectivity index (χ3n) is 5.61. The molecule has 0 saturated heterocycles. The van der Waals surface area contributed by atoms with Crippen LogP contribution in [0.25, 0.3) is 11.0 Å². The number of fused-ring (bicyclic) bond motifs is 3. The van der Waals surface area contributed by atoms with Crippen molar-refractivity contribution in [3.8, 4) is 0 Å². The molecule has 0 N–H and O–H groups in total. The lowest BCUT2D eigenvalue weighted by atomic mass is 9.99. The molecule has 31 heavy (non-hydrogen) atoms. The highest BCUT2D eigenvalue weighted by Gasteiger charge is 2.63. The second-order valence-corrected chi connectivity index (χ2v) is 7.56. The molecule has 156 valence electrons. The van der Waals surface area contributed by atoms with Crippen molar-refractivity contribution < 1.29 is 17.9 Å². The van der Waals surface area contributed by atoms with Crippen molar-refractivity contribution >= 4 is 22.9 Å². The predicted molar refractivity (Wildman–Crippen MR) is 113 cm³/mol. The molecule has 1 aliphatic heterocycles. The summed E-state index contributed by atoms with van der Waals surface area (Å²) in [7, 11) is 0. The molecule has 1 aromatic heterocycles. The predicted octanol–water partition coefficient (Wildman–Crippen LogP) is 6.03. The second-order valence-electron chi connectivity index (χ2n) is 7.56. The Kier molecular flexibility index (Phi) is 4.18. The Morgan fingerprint density at radius 1 is 0.871 bits per heavy atom. The van der Waals surface area contributed by atoms with Crippen LogP contribution in [0.15, 0.2) is 77.8 Å². The first kappa shape index (κ1) is 19.4. The average Bonchev–Trinajstić information content (AvgIpc) is 3.13. The van der Waals surface area contributed by atoms with Crippen molar-refractivity contribution in [2.24, 2.45) is 4.99 Å². The van der Waals surface area contributed by atoms with Crippen molar-refractivity contribution in [1.82, 2.24) is 9.55 Å². The molecule has 0 aliphatic carbocycles. The van der Waals surface area contributed by atoms with Crippen LogP contribution in [0.2, 0.25) is 0 Å². The number of rotatable bonds is 2. The van der Waals surface area contributed by atoms with Gasteiger partial charge in [-0.05, 0) is 49.2 Å². The van der Waals surface area contributed by atoms with E-state index in [0.717, 1.165) is 15.7 Å². The molecule has 0 spiro atoms. The Bertz CT molecular complexity index is 1330. The van der Waals surface area contributed by atoms with Crippen molar-refractivity contribution in [1.29, 1.82) is 0 Å². The molecule has 1 atom stereocenters. The number of benzene rings is 3. The van der Waals surface area contributed by atoms with Gasteiger partial charge >= 0.3 is 11.9 Å². The fourth-order valence-electron chi connectivity index (χ4n) is 3.90. The zero-order valence-corrected chi connectivity index (χ0v) is 16.8. The molecule has 7 heteroatoms. The van der Waals surface area contributed by atoms with Crippen LogP contribution in [0.3, 0.4) is 0 Å². The lowest BCUT2D eigenvalue weighted by Crippen LogP contribution is -2.53. The molecule has 2 heterocycles. The summed E-state index contributed by atoms with van der Waals surface area (Å²) in [5.74, 6) is -0.172. The maximum absolute atomic E-state index is 15.0. The molecule has 0 saturated carbocycles. The number of aryl methyl sites for hydroxylation is 2. The van der Waals surface area contributed by atoms with Gasteiger partial charge in [0.1, 0.15) is 0 Å². The Morgan fingerprint density at radius 3 is 2.29 bits per heavy atom. The number of halogens is 3. The van der Waals surface area contributed by atoms with Gasteiger partial charge < -0.3 is 4.74 Å². The van der Waals surface area contributed by atoms with E-state index in [0.29, 0.717) is 16.6 Å². The molecule has 0 fully saturated rings. The maximum Gasteiger partial charge on any atom is 0.454 e. The Morgan fingerprint density at radius 2 is 1.58 bits per heavy atom. The summed E-state index contributed by atoms with van der Waals surface area (Å²) in [4.78, 5) is 8.80. The molecule has 4 nitrogen and oxygen atoms in total. The van der Waals surface area contributed by atoms with Gasteiger partial charge in [0.2, 0.25) is 11.8 Å². The second kappa shape index (κ2) is 6.70. The molecule has 5 rings (SSSR count). The first-order valence-corrected chi connectivity index (χ1v) is 9.77. The third kappa shape index (κ3) is 2.84. The summed E-state index contributed by atoms with van der Waals surface area (Å²) in [5, 5.41) is 0. The first-order chi connectivity index (χ1) is 14.8. The van der Waals surface area contributed by atoms with E-state index in [1.54, 1.807) is 54.6 Å². The number of hydrogen-bond donors (Lipinski definition) is 0. The first-order valence-electron chi connectivity index (χ1n) is 9.77. The monoisotopic (exact) mass is 421 g/mol. The molecular formula is C24H18F3N3O. The number of nitrogens with zero attached hydrogens (tertiary/aromatic N) is 3. The van der Waals surface area contributed by atoms with Gasteiger partial charge in [-0.1, -0.05) is 48.5 Å². The largest absolute Gasteiger partial charge is 0.454 e. The summed E-state index contributed by atoms with van der Waals surface area (Å²) in [6.07, 6.45) is -4.80. The van der Waals surface area contributed by atoms with Crippen molar-refractivity contribution in [2.75, 3.05) is 0 Å². The molecule has 0 radical (unpaired) electrons.